The minimum atomic E-state index is -0.216. The van der Waals surface area contributed by atoms with Gasteiger partial charge in [0.25, 0.3) is 0 Å². The van der Waals surface area contributed by atoms with Crippen molar-refractivity contribution < 1.29 is 4.79 Å². The van der Waals surface area contributed by atoms with Gasteiger partial charge in [-0.15, -0.1) is 11.3 Å². The topological polar surface area (TPSA) is 70.7 Å². The van der Waals surface area contributed by atoms with Crippen LogP contribution in [0.2, 0.25) is 0 Å². The molecule has 0 saturated heterocycles. The van der Waals surface area contributed by atoms with Gasteiger partial charge in [0.1, 0.15) is 0 Å². The first kappa shape index (κ1) is 16.6. The van der Waals surface area contributed by atoms with Crippen molar-refractivity contribution in [2.24, 2.45) is 0 Å². The van der Waals surface area contributed by atoms with Gasteiger partial charge in [-0.1, -0.05) is 19.1 Å². The number of para-hydroxylation sites is 1. The minimum absolute atomic E-state index is 0.0237. The molecule has 5 nitrogen and oxygen atoms in total. The number of fused-ring (bicyclic) bond motifs is 1. The van der Waals surface area contributed by atoms with E-state index in [2.05, 4.69) is 33.5 Å². The fourth-order valence-corrected chi connectivity index (χ4v) is 3.94. The summed E-state index contributed by atoms with van der Waals surface area (Å²) in [6, 6.07) is 8.12. The second-order valence-electron chi connectivity index (χ2n) is 6.24. The lowest BCUT2D eigenvalue weighted by Crippen LogP contribution is -2.31. The van der Waals surface area contributed by atoms with Gasteiger partial charge in [0.15, 0.2) is 0 Å². The van der Waals surface area contributed by atoms with Gasteiger partial charge in [0.2, 0.25) is 5.91 Å². The van der Waals surface area contributed by atoms with E-state index in [0.717, 1.165) is 27.5 Å². The average Bonchev–Trinajstić information content (AvgIpc) is 3.15. The van der Waals surface area contributed by atoms with Crippen molar-refractivity contribution in [3.63, 3.8) is 0 Å². The highest BCUT2D eigenvalue weighted by molar-refractivity contribution is 7.18. The van der Waals surface area contributed by atoms with Crippen LogP contribution < -0.4 is 5.32 Å². The SMILES string of the molecule is Cc1n[nH]c(C)c1[C@H](C)C(=O)NC[C@@H](C)c1nc2ccccc2s1. The lowest BCUT2D eigenvalue weighted by atomic mass is 9.98. The van der Waals surface area contributed by atoms with Crippen LogP contribution in [0, 0.1) is 13.8 Å². The standard InChI is InChI=1S/C18H22N4OS/c1-10(18-20-14-7-5-6-8-15(14)24-18)9-19-17(23)11(2)16-12(3)21-22-13(16)4/h5-8,10-11H,9H2,1-4H3,(H,19,23)(H,21,22)/t10-,11+/m1/s1. The van der Waals surface area contributed by atoms with Crippen molar-refractivity contribution in [3.8, 4) is 0 Å². The first-order valence-electron chi connectivity index (χ1n) is 8.12. The number of carbonyl (C=O) groups excluding carboxylic acids is 1. The third kappa shape index (κ3) is 3.19. The van der Waals surface area contributed by atoms with Gasteiger partial charge >= 0.3 is 0 Å². The summed E-state index contributed by atoms with van der Waals surface area (Å²) in [7, 11) is 0. The zero-order valence-corrected chi connectivity index (χ0v) is 15.2. The predicted octanol–water partition coefficient (Wildman–Crippen LogP) is 3.66. The van der Waals surface area contributed by atoms with Crippen molar-refractivity contribution in [2.75, 3.05) is 6.54 Å². The number of hydrogen-bond acceptors (Lipinski definition) is 4. The highest BCUT2D eigenvalue weighted by Crippen LogP contribution is 2.27. The molecule has 6 heteroatoms. The molecule has 0 fully saturated rings. The molecule has 3 aromatic rings. The number of rotatable bonds is 5. The first-order valence-corrected chi connectivity index (χ1v) is 8.93. The Morgan fingerprint density at radius 3 is 2.71 bits per heavy atom. The fraction of sp³-hybridized carbons (Fsp3) is 0.389. The zero-order valence-electron chi connectivity index (χ0n) is 14.4. The van der Waals surface area contributed by atoms with Crippen LogP contribution >= 0.6 is 11.3 Å². The van der Waals surface area contributed by atoms with Crippen molar-refractivity contribution in [3.05, 3.63) is 46.2 Å². The van der Waals surface area contributed by atoms with Gasteiger partial charge < -0.3 is 5.32 Å². The molecule has 2 N–H and O–H groups in total. The molecule has 0 saturated carbocycles. The van der Waals surface area contributed by atoms with E-state index in [1.54, 1.807) is 11.3 Å². The van der Waals surface area contributed by atoms with Crippen LogP contribution in [0.5, 0.6) is 0 Å². The molecule has 1 amide bonds. The summed E-state index contributed by atoms with van der Waals surface area (Å²) < 4.78 is 1.18. The van der Waals surface area contributed by atoms with Crippen LogP contribution in [0.1, 0.15) is 47.6 Å². The van der Waals surface area contributed by atoms with Gasteiger partial charge in [0.05, 0.1) is 26.8 Å². The number of nitrogens with zero attached hydrogens (tertiary/aromatic N) is 2. The Balaban J connectivity index is 1.65. The Morgan fingerprint density at radius 1 is 1.29 bits per heavy atom. The Bertz CT molecular complexity index is 814. The van der Waals surface area contributed by atoms with Gasteiger partial charge in [0, 0.05) is 23.7 Å². The number of aromatic nitrogens is 3. The maximum absolute atomic E-state index is 12.5. The molecule has 126 valence electrons. The number of carbonyl (C=O) groups is 1. The Morgan fingerprint density at radius 2 is 2.04 bits per heavy atom. The summed E-state index contributed by atoms with van der Waals surface area (Å²) in [5.41, 5.74) is 3.84. The normalized spacial score (nSPS) is 13.8. The lowest BCUT2D eigenvalue weighted by Gasteiger charge is -2.15. The first-order chi connectivity index (χ1) is 11.5. The molecule has 0 aliphatic heterocycles. The van der Waals surface area contributed by atoms with Crippen LogP contribution in [0.3, 0.4) is 0 Å². The molecule has 24 heavy (non-hydrogen) atoms. The number of nitrogens with one attached hydrogen (secondary N) is 2. The zero-order chi connectivity index (χ0) is 17.3. The van der Waals surface area contributed by atoms with Crippen molar-refractivity contribution >= 4 is 27.5 Å². The Hall–Kier alpha value is -2.21. The molecule has 0 bridgehead atoms. The Kier molecular flexibility index (Phi) is 4.66. The van der Waals surface area contributed by atoms with E-state index in [4.69, 9.17) is 0 Å². The highest BCUT2D eigenvalue weighted by Gasteiger charge is 2.22. The van der Waals surface area contributed by atoms with Gasteiger partial charge in [-0.05, 0) is 32.9 Å². The van der Waals surface area contributed by atoms with E-state index in [1.165, 1.54) is 4.70 Å². The molecule has 0 aliphatic rings. The maximum Gasteiger partial charge on any atom is 0.227 e. The van der Waals surface area contributed by atoms with Crippen LogP contribution in [0.4, 0.5) is 0 Å². The van der Waals surface area contributed by atoms with Crippen LogP contribution in [-0.4, -0.2) is 27.6 Å². The number of aryl methyl sites for hydroxylation is 2. The molecule has 0 aliphatic carbocycles. The van der Waals surface area contributed by atoms with Crippen LogP contribution in [0.15, 0.2) is 24.3 Å². The predicted molar refractivity (Wildman–Crippen MR) is 97.5 cm³/mol. The molecular weight excluding hydrogens is 320 g/mol. The maximum atomic E-state index is 12.5. The summed E-state index contributed by atoms with van der Waals surface area (Å²) in [4.78, 5) is 17.1. The van der Waals surface area contributed by atoms with Crippen LogP contribution in [0.25, 0.3) is 10.2 Å². The molecule has 1 aromatic carbocycles. The smallest absolute Gasteiger partial charge is 0.227 e. The summed E-state index contributed by atoms with van der Waals surface area (Å²) in [5, 5.41) is 11.2. The molecule has 0 unspecified atom stereocenters. The Labute approximate surface area is 145 Å². The van der Waals surface area contributed by atoms with Crippen molar-refractivity contribution in [2.45, 2.75) is 39.5 Å². The summed E-state index contributed by atoms with van der Waals surface area (Å²) in [6.07, 6.45) is 0. The summed E-state index contributed by atoms with van der Waals surface area (Å²) in [6.45, 7) is 8.47. The largest absolute Gasteiger partial charge is 0.355 e. The van der Waals surface area contributed by atoms with Gasteiger partial charge in [-0.25, -0.2) is 4.98 Å². The number of thiazole rings is 1. The third-order valence-corrected chi connectivity index (χ3v) is 5.59. The third-order valence-electron chi connectivity index (χ3n) is 4.33. The number of amides is 1. The van der Waals surface area contributed by atoms with E-state index in [0.29, 0.717) is 6.54 Å². The number of hydrogen-bond donors (Lipinski definition) is 2. The number of aromatic amines is 1. The second kappa shape index (κ2) is 6.73. The fourth-order valence-electron chi connectivity index (χ4n) is 2.92. The molecule has 0 spiro atoms. The van der Waals surface area contributed by atoms with E-state index in [9.17, 15) is 4.79 Å². The number of H-pyrrole nitrogens is 1. The van der Waals surface area contributed by atoms with Gasteiger partial charge in [-0.3, -0.25) is 9.89 Å². The average molecular weight is 342 g/mol. The van der Waals surface area contributed by atoms with E-state index in [1.807, 2.05) is 39.0 Å². The molecule has 3 rings (SSSR count). The molecule has 0 radical (unpaired) electrons. The second-order valence-corrected chi connectivity index (χ2v) is 7.30. The number of benzene rings is 1. The van der Waals surface area contributed by atoms with E-state index >= 15 is 0 Å². The lowest BCUT2D eigenvalue weighted by molar-refractivity contribution is -0.122. The molecular formula is C18H22N4OS. The van der Waals surface area contributed by atoms with Crippen molar-refractivity contribution in [1.29, 1.82) is 0 Å². The molecule has 2 aromatic heterocycles. The molecule has 2 heterocycles. The van der Waals surface area contributed by atoms with Crippen molar-refractivity contribution in [1.82, 2.24) is 20.5 Å². The van der Waals surface area contributed by atoms with Gasteiger partial charge in [-0.2, -0.15) is 5.10 Å². The van der Waals surface area contributed by atoms with E-state index < -0.39 is 0 Å². The summed E-state index contributed by atoms with van der Waals surface area (Å²) >= 11 is 1.69. The quantitative estimate of drug-likeness (QED) is 0.743. The highest BCUT2D eigenvalue weighted by atomic mass is 32.1. The molecule has 2 atom stereocenters. The minimum Gasteiger partial charge on any atom is -0.355 e. The summed E-state index contributed by atoms with van der Waals surface area (Å²) in [5.74, 6) is -0.00743. The van der Waals surface area contributed by atoms with Crippen LogP contribution in [-0.2, 0) is 4.79 Å². The van der Waals surface area contributed by atoms with E-state index in [-0.39, 0.29) is 17.7 Å². The monoisotopic (exact) mass is 342 g/mol.